The molecule has 7 heteroatoms. The van der Waals surface area contributed by atoms with Crippen molar-refractivity contribution < 1.29 is 0 Å². The Bertz CT molecular complexity index is 768. The van der Waals surface area contributed by atoms with E-state index in [1.54, 1.807) is 0 Å². The number of halogens is 1. The van der Waals surface area contributed by atoms with Crippen LogP contribution in [0.2, 0.25) is 0 Å². The number of nitrogens with one attached hydrogen (secondary N) is 2. The van der Waals surface area contributed by atoms with Gasteiger partial charge in [0.05, 0.1) is 5.69 Å². The molecule has 2 N–H and O–H groups in total. The number of nitrogens with zero attached hydrogens (tertiary/aromatic N) is 4. The van der Waals surface area contributed by atoms with Gasteiger partial charge in [0.25, 0.3) is 0 Å². The third kappa shape index (κ3) is 6.12. The summed E-state index contributed by atoms with van der Waals surface area (Å²) in [5.41, 5.74) is 4.91. The van der Waals surface area contributed by atoms with Crippen LogP contribution in [0, 0.1) is 20.8 Å². The first kappa shape index (κ1) is 22.5. The normalized spacial score (nSPS) is 16.8. The van der Waals surface area contributed by atoms with Gasteiger partial charge in [-0.05, 0) is 51.8 Å². The highest BCUT2D eigenvalue weighted by Gasteiger charge is 2.23. The molecule has 0 saturated carbocycles. The van der Waals surface area contributed by atoms with Gasteiger partial charge in [0.15, 0.2) is 5.96 Å². The van der Waals surface area contributed by atoms with Gasteiger partial charge in [-0.3, -0.25) is 9.67 Å². The van der Waals surface area contributed by atoms with Crippen LogP contribution in [0.3, 0.4) is 0 Å². The third-order valence-electron chi connectivity index (χ3n) is 5.09. The maximum Gasteiger partial charge on any atom is 0.191 e. The molecule has 1 fully saturated rings. The van der Waals surface area contributed by atoms with Crippen LogP contribution in [-0.2, 0) is 6.54 Å². The van der Waals surface area contributed by atoms with Gasteiger partial charge < -0.3 is 15.5 Å². The highest BCUT2D eigenvalue weighted by molar-refractivity contribution is 14.0. The van der Waals surface area contributed by atoms with E-state index in [9.17, 15) is 0 Å². The minimum Gasteiger partial charge on any atom is -0.369 e. The lowest BCUT2D eigenvalue weighted by Gasteiger charge is -2.20. The lowest BCUT2D eigenvalue weighted by atomic mass is 10.2. The van der Waals surface area contributed by atoms with Gasteiger partial charge in [-0.25, -0.2) is 0 Å². The molecule has 154 valence electrons. The maximum absolute atomic E-state index is 4.51. The van der Waals surface area contributed by atoms with Gasteiger partial charge in [-0.1, -0.05) is 17.7 Å². The Morgan fingerprint density at radius 1 is 1.21 bits per heavy atom. The Labute approximate surface area is 185 Å². The second-order valence-electron chi connectivity index (χ2n) is 7.41. The number of aromatic nitrogens is 2. The topological polar surface area (TPSA) is 57.5 Å². The fourth-order valence-electron chi connectivity index (χ4n) is 3.59. The molecule has 28 heavy (non-hydrogen) atoms. The van der Waals surface area contributed by atoms with Crippen LogP contribution in [0.5, 0.6) is 0 Å². The smallest absolute Gasteiger partial charge is 0.191 e. The molecule has 6 nitrogen and oxygen atoms in total. The van der Waals surface area contributed by atoms with E-state index in [0.717, 1.165) is 50.7 Å². The van der Waals surface area contributed by atoms with Gasteiger partial charge in [-0.2, -0.15) is 5.10 Å². The summed E-state index contributed by atoms with van der Waals surface area (Å²) in [6.07, 6.45) is 2.14. The summed E-state index contributed by atoms with van der Waals surface area (Å²) in [5.74, 6) is 0.888. The van der Waals surface area contributed by atoms with E-state index in [-0.39, 0.29) is 24.0 Å². The number of rotatable bonds is 6. The Kier molecular flexibility index (Phi) is 8.59. The summed E-state index contributed by atoms with van der Waals surface area (Å²) in [6.45, 7) is 10.2. The minimum absolute atomic E-state index is 0. The predicted molar refractivity (Wildman–Crippen MR) is 128 cm³/mol. The quantitative estimate of drug-likeness (QED) is 0.279. The van der Waals surface area contributed by atoms with E-state index in [2.05, 4.69) is 74.5 Å². The van der Waals surface area contributed by atoms with Crippen molar-refractivity contribution in [1.82, 2.24) is 20.4 Å². The van der Waals surface area contributed by atoms with E-state index >= 15 is 0 Å². The zero-order valence-electron chi connectivity index (χ0n) is 17.4. The average molecular weight is 496 g/mol. The van der Waals surface area contributed by atoms with E-state index in [0.29, 0.717) is 6.04 Å². The second kappa shape index (κ2) is 10.7. The molecule has 1 unspecified atom stereocenters. The van der Waals surface area contributed by atoms with E-state index in [1.165, 1.54) is 16.9 Å². The molecule has 1 aliphatic heterocycles. The molecule has 1 atom stereocenters. The van der Waals surface area contributed by atoms with Crippen molar-refractivity contribution in [3.05, 3.63) is 47.3 Å². The van der Waals surface area contributed by atoms with Crippen molar-refractivity contribution in [2.45, 2.75) is 46.2 Å². The largest absolute Gasteiger partial charge is 0.369 e. The van der Waals surface area contributed by atoms with Gasteiger partial charge >= 0.3 is 0 Å². The van der Waals surface area contributed by atoms with E-state index in [1.807, 2.05) is 14.0 Å². The van der Waals surface area contributed by atoms with Crippen LogP contribution < -0.4 is 15.5 Å². The molecule has 3 rings (SSSR count). The molecular formula is C21H33IN6. The number of aryl methyl sites for hydroxylation is 4. The lowest BCUT2D eigenvalue weighted by Crippen LogP contribution is -2.45. The Morgan fingerprint density at radius 3 is 2.61 bits per heavy atom. The van der Waals surface area contributed by atoms with E-state index < -0.39 is 0 Å². The van der Waals surface area contributed by atoms with Crippen LogP contribution in [0.4, 0.5) is 5.69 Å². The first-order valence-corrected chi connectivity index (χ1v) is 9.85. The standard InChI is InChI=1S/C21H32N6.HI/c1-16-6-8-20(9-7-16)26-13-10-19(15-26)24-21(22-4)23-11-5-12-27-18(3)14-17(2)25-27;/h6-9,14,19H,5,10-13,15H2,1-4H3,(H2,22,23,24);1H. The van der Waals surface area contributed by atoms with Crippen molar-refractivity contribution in [1.29, 1.82) is 0 Å². The first-order chi connectivity index (χ1) is 13.0. The molecule has 2 heterocycles. The molecule has 0 amide bonds. The number of aliphatic imine (C=N–C) groups is 1. The van der Waals surface area contributed by atoms with Gasteiger partial charge in [0.2, 0.25) is 0 Å². The molecule has 0 radical (unpaired) electrons. The Hall–Kier alpha value is -1.77. The highest BCUT2D eigenvalue weighted by Crippen LogP contribution is 2.20. The fourth-order valence-corrected chi connectivity index (χ4v) is 3.59. The van der Waals surface area contributed by atoms with Crippen LogP contribution in [0.15, 0.2) is 35.3 Å². The summed E-state index contributed by atoms with van der Waals surface area (Å²) in [5, 5.41) is 11.5. The number of hydrogen-bond acceptors (Lipinski definition) is 3. The summed E-state index contributed by atoms with van der Waals surface area (Å²) in [6, 6.07) is 11.3. The zero-order valence-corrected chi connectivity index (χ0v) is 19.7. The van der Waals surface area contributed by atoms with Crippen molar-refractivity contribution in [3.8, 4) is 0 Å². The average Bonchev–Trinajstić information content (AvgIpc) is 3.24. The fraction of sp³-hybridized carbons (Fsp3) is 0.524. The monoisotopic (exact) mass is 496 g/mol. The Morgan fingerprint density at radius 2 is 1.96 bits per heavy atom. The predicted octanol–water partition coefficient (Wildman–Crippen LogP) is 3.26. The number of guanidine groups is 1. The Balaban J connectivity index is 0.00000280. The van der Waals surface area contributed by atoms with Gasteiger partial charge in [0.1, 0.15) is 0 Å². The van der Waals surface area contributed by atoms with Crippen molar-refractivity contribution >= 4 is 35.6 Å². The van der Waals surface area contributed by atoms with Crippen LogP contribution in [0.1, 0.15) is 29.8 Å². The molecule has 2 aromatic rings. The molecule has 1 aromatic heterocycles. The first-order valence-electron chi connectivity index (χ1n) is 9.85. The van der Waals surface area contributed by atoms with Crippen molar-refractivity contribution in [2.75, 3.05) is 31.6 Å². The number of hydrogen-bond donors (Lipinski definition) is 2. The molecule has 0 spiro atoms. The summed E-state index contributed by atoms with van der Waals surface area (Å²) >= 11 is 0. The minimum atomic E-state index is 0. The summed E-state index contributed by atoms with van der Waals surface area (Å²) in [4.78, 5) is 6.82. The molecule has 1 aromatic carbocycles. The van der Waals surface area contributed by atoms with Crippen LogP contribution in [0.25, 0.3) is 0 Å². The molecule has 1 saturated heterocycles. The molecule has 1 aliphatic rings. The van der Waals surface area contributed by atoms with Crippen molar-refractivity contribution in [2.24, 2.45) is 4.99 Å². The van der Waals surface area contributed by atoms with Crippen LogP contribution in [-0.4, -0.2) is 48.5 Å². The van der Waals surface area contributed by atoms with E-state index in [4.69, 9.17) is 0 Å². The van der Waals surface area contributed by atoms with Gasteiger partial charge in [-0.15, -0.1) is 24.0 Å². The SMILES string of the molecule is CN=C(NCCCn1nc(C)cc1C)NC1CCN(c2ccc(C)cc2)C1.I. The second-order valence-corrected chi connectivity index (χ2v) is 7.41. The summed E-state index contributed by atoms with van der Waals surface area (Å²) in [7, 11) is 1.84. The molecule has 0 bridgehead atoms. The number of benzene rings is 1. The van der Waals surface area contributed by atoms with Crippen LogP contribution >= 0.6 is 24.0 Å². The van der Waals surface area contributed by atoms with Crippen molar-refractivity contribution in [3.63, 3.8) is 0 Å². The lowest BCUT2D eigenvalue weighted by molar-refractivity contribution is 0.552. The molecule has 0 aliphatic carbocycles. The van der Waals surface area contributed by atoms with Gasteiger partial charge in [0, 0.05) is 50.6 Å². The third-order valence-corrected chi connectivity index (χ3v) is 5.09. The maximum atomic E-state index is 4.51. The molecular weight excluding hydrogens is 463 g/mol. The highest BCUT2D eigenvalue weighted by atomic mass is 127. The zero-order chi connectivity index (χ0) is 19.2. The summed E-state index contributed by atoms with van der Waals surface area (Å²) < 4.78 is 2.07. The number of anilines is 1.